The van der Waals surface area contributed by atoms with Gasteiger partial charge in [-0.1, -0.05) is 164 Å². The van der Waals surface area contributed by atoms with Crippen LogP contribution in [0.4, 0.5) is 0 Å². The van der Waals surface area contributed by atoms with E-state index in [9.17, 15) is 0 Å². The van der Waals surface area contributed by atoms with Gasteiger partial charge >= 0.3 is 0 Å². The molecule has 0 N–H and O–H groups in total. The molecule has 260 valence electrons. The molecule has 1 aliphatic rings. The van der Waals surface area contributed by atoms with Crippen LogP contribution in [0.2, 0.25) is 0 Å². The summed E-state index contributed by atoms with van der Waals surface area (Å²) in [6.07, 6.45) is 0. The summed E-state index contributed by atoms with van der Waals surface area (Å²) in [5, 5.41) is 9.70. The van der Waals surface area contributed by atoms with E-state index in [0.29, 0.717) is 0 Å². The SMILES string of the molecule is c1ccc(C2(c3ccccc3)c3ccccc3-c3c2cc(-c2ccc4cc(-c5ccc6oc7cc8ccccc8cc7c6c5)ccc4c2)c2ccccc32)cc1. The molecular formula is C55H34O. The Morgan fingerprint density at radius 3 is 1.62 bits per heavy atom. The van der Waals surface area contributed by atoms with E-state index in [1.807, 2.05) is 0 Å². The molecule has 0 spiro atoms. The number of fused-ring (bicyclic) bond motifs is 10. The zero-order valence-electron chi connectivity index (χ0n) is 30.5. The molecular weight excluding hydrogens is 677 g/mol. The van der Waals surface area contributed by atoms with Crippen LogP contribution in [-0.4, -0.2) is 0 Å². The Bertz CT molecular complexity index is 3310. The third-order valence-corrected chi connectivity index (χ3v) is 12.3. The van der Waals surface area contributed by atoms with Gasteiger partial charge in [0.1, 0.15) is 11.2 Å². The maximum Gasteiger partial charge on any atom is 0.136 e. The summed E-state index contributed by atoms with van der Waals surface area (Å²) in [7, 11) is 0. The minimum absolute atomic E-state index is 0.465. The topological polar surface area (TPSA) is 13.1 Å². The van der Waals surface area contributed by atoms with E-state index in [2.05, 4.69) is 206 Å². The summed E-state index contributed by atoms with van der Waals surface area (Å²) in [4.78, 5) is 0. The van der Waals surface area contributed by atoms with Crippen molar-refractivity contribution in [2.45, 2.75) is 5.41 Å². The summed E-state index contributed by atoms with van der Waals surface area (Å²) in [6.45, 7) is 0. The van der Waals surface area contributed by atoms with Crippen LogP contribution >= 0.6 is 0 Å². The Labute approximate surface area is 324 Å². The Morgan fingerprint density at radius 2 is 0.857 bits per heavy atom. The first-order valence-corrected chi connectivity index (χ1v) is 19.4. The molecule has 11 aromatic rings. The van der Waals surface area contributed by atoms with E-state index < -0.39 is 5.41 Å². The highest BCUT2D eigenvalue weighted by molar-refractivity contribution is 6.12. The van der Waals surface area contributed by atoms with Crippen molar-refractivity contribution in [2.75, 3.05) is 0 Å². The normalized spacial score (nSPS) is 13.1. The van der Waals surface area contributed by atoms with Crippen molar-refractivity contribution in [1.29, 1.82) is 0 Å². The molecule has 0 fully saturated rings. The van der Waals surface area contributed by atoms with Gasteiger partial charge in [0.15, 0.2) is 0 Å². The smallest absolute Gasteiger partial charge is 0.136 e. The van der Waals surface area contributed by atoms with Crippen molar-refractivity contribution in [3.63, 3.8) is 0 Å². The molecule has 1 aliphatic carbocycles. The number of benzene rings is 10. The summed E-state index contributed by atoms with van der Waals surface area (Å²) in [5.74, 6) is 0. The van der Waals surface area contributed by atoms with Crippen molar-refractivity contribution in [3.05, 3.63) is 229 Å². The second-order valence-electron chi connectivity index (χ2n) is 15.2. The van der Waals surface area contributed by atoms with Crippen molar-refractivity contribution >= 4 is 54.3 Å². The van der Waals surface area contributed by atoms with Gasteiger partial charge in [-0.05, 0) is 130 Å². The third-order valence-electron chi connectivity index (χ3n) is 12.3. The van der Waals surface area contributed by atoms with Gasteiger partial charge in [-0.25, -0.2) is 0 Å². The maximum atomic E-state index is 6.32. The average Bonchev–Trinajstić information content (AvgIpc) is 3.78. The molecule has 1 heterocycles. The molecule has 1 nitrogen and oxygen atoms in total. The highest BCUT2D eigenvalue weighted by atomic mass is 16.3. The molecule has 0 saturated carbocycles. The molecule has 56 heavy (non-hydrogen) atoms. The quantitative estimate of drug-likeness (QED) is 0.177. The lowest BCUT2D eigenvalue weighted by atomic mass is 9.67. The Hall–Kier alpha value is -7.22. The van der Waals surface area contributed by atoms with Crippen LogP contribution in [-0.2, 0) is 5.41 Å². The molecule has 0 atom stereocenters. The zero-order chi connectivity index (χ0) is 36.8. The van der Waals surface area contributed by atoms with E-state index in [1.54, 1.807) is 0 Å². The zero-order valence-corrected chi connectivity index (χ0v) is 30.5. The van der Waals surface area contributed by atoms with E-state index in [0.717, 1.165) is 21.9 Å². The summed E-state index contributed by atoms with van der Waals surface area (Å²) in [5.41, 5.74) is 14.1. The first-order chi connectivity index (χ1) is 27.7. The van der Waals surface area contributed by atoms with Crippen LogP contribution in [0.1, 0.15) is 22.3 Å². The molecule has 0 amide bonds. The fourth-order valence-electron chi connectivity index (χ4n) is 9.77. The summed E-state index contributed by atoms with van der Waals surface area (Å²) < 4.78 is 6.32. The van der Waals surface area contributed by atoms with Gasteiger partial charge in [-0.3, -0.25) is 0 Å². The van der Waals surface area contributed by atoms with Crippen molar-refractivity contribution in [3.8, 4) is 33.4 Å². The lowest BCUT2D eigenvalue weighted by molar-refractivity contribution is 0.669. The highest BCUT2D eigenvalue weighted by Gasteiger charge is 2.47. The first-order valence-electron chi connectivity index (χ1n) is 19.4. The van der Waals surface area contributed by atoms with Crippen LogP contribution < -0.4 is 0 Å². The molecule has 0 unspecified atom stereocenters. The average molecular weight is 711 g/mol. The molecule has 0 radical (unpaired) electrons. The second kappa shape index (κ2) is 11.9. The van der Waals surface area contributed by atoms with Crippen molar-refractivity contribution in [2.24, 2.45) is 0 Å². The number of hydrogen-bond acceptors (Lipinski definition) is 1. The van der Waals surface area contributed by atoms with Crippen LogP contribution in [0.25, 0.3) is 87.6 Å². The molecule has 0 bridgehead atoms. The van der Waals surface area contributed by atoms with Gasteiger partial charge < -0.3 is 4.42 Å². The first kappa shape index (κ1) is 31.2. The fourth-order valence-corrected chi connectivity index (χ4v) is 9.77. The largest absolute Gasteiger partial charge is 0.456 e. The van der Waals surface area contributed by atoms with E-state index in [1.165, 1.54) is 88.0 Å². The van der Waals surface area contributed by atoms with Crippen molar-refractivity contribution in [1.82, 2.24) is 0 Å². The predicted molar refractivity (Wildman–Crippen MR) is 234 cm³/mol. The van der Waals surface area contributed by atoms with Crippen LogP contribution in [0.3, 0.4) is 0 Å². The lowest BCUT2D eigenvalue weighted by Gasteiger charge is -2.34. The second-order valence-corrected chi connectivity index (χ2v) is 15.2. The maximum absolute atomic E-state index is 6.32. The minimum Gasteiger partial charge on any atom is -0.456 e. The van der Waals surface area contributed by atoms with E-state index in [-0.39, 0.29) is 0 Å². The van der Waals surface area contributed by atoms with Gasteiger partial charge in [0, 0.05) is 10.8 Å². The third kappa shape index (κ3) is 4.43. The van der Waals surface area contributed by atoms with Gasteiger partial charge in [0.25, 0.3) is 0 Å². The minimum atomic E-state index is -0.465. The standard InChI is InChI=1S/C55H34O/c1-3-15-42(16-4-1)55(43-17-5-2-6-18-43)50-22-12-11-21-46(50)54-45-20-10-9-19-44(45)47(34-51(54)55)41-26-25-37-29-38(23-24-39(37)30-41)40-27-28-52-48(32-40)49-31-35-13-7-8-14-36(35)33-53(49)56-52/h1-34H. The van der Waals surface area contributed by atoms with Gasteiger partial charge in [-0.2, -0.15) is 0 Å². The van der Waals surface area contributed by atoms with Crippen LogP contribution in [0, 0.1) is 0 Å². The monoisotopic (exact) mass is 710 g/mol. The lowest BCUT2D eigenvalue weighted by Crippen LogP contribution is -2.28. The highest BCUT2D eigenvalue weighted by Crippen LogP contribution is 2.59. The summed E-state index contributed by atoms with van der Waals surface area (Å²) in [6, 6.07) is 76.0. The Balaban J connectivity index is 1.03. The van der Waals surface area contributed by atoms with Gasteiger partial charge in [0.2, 0.25) is 0 Å². The molecule has 10 aromatic carbocycles. The number of rotatable bonds is 4. The summed E-state index contributed by atoms with van der Waals surface area (Å²) >= 11 is 0. The van der Waals surface area contributed by atoms with Gasteiger partial charge in [0.05, 0.1) is 5.41 Å². The molecule has 0 saturated heterocycles. The fraction of sp³-hybridized carbons (Fsp3) is 0.0182. The van der Waals surface area contributed by atoms with Gasteiger partial charge in [-0.15, -0.1) is 0 Å². The predicted octanol–water partition coefficient (Wildman–Crippen LogP) is 14.7. The van der Waals surface area contributed by atoms with Crippen LogP contribution in [0.15, 0.2) is 211 Å². The number of furan rings is 1. The molecule has 1 heteroatoms. The Kier molecular flexibility index (Phi) is 6.62. The molecule has 12 rings (SSSR count). The molecule has 1 aromatic heterocycles. The molecule has 0 aliphatic heterocycles. The van der Waals surface area contributed by atoms with Crippen molar-refractivity contribution < 1.29 is 4.42 Å². The van der Waals surface area contributed by atoms with Crippen LogP contribution in [0.5, 0.6) is 0 Å². The van der Waals surface area contributed by atoms with E-state index >= 15 is 0 Å². The Morgan fingerprint density at radius 1 is 0.304 bits per heavy atom. The number of hydrogen-bond donors (Lipinski definition) is 0. The van der Waals surface area contributed by atoms with E-state index in [4.69, 9.17) is 4.42 Å².